The van der Waals surface area contributed by atoms with Gasteiger partial charge in [0, 0.05) is 29.6 Å². The van der Waals surface area contributed by atoms with Crippen LogP contribution < -0.4 is 4.74 Å². The Balaban J connectivity index is 1.73. The number of aromatic hydroxyl groups is 1. The van der Waals surface area contributed by atoms with Gasteiger partial charge in [-0.3, -0.25) is 4.90 Å². The number of rotatable bonds is 8. The molecule has 0 atom stereocenters. The number of esters is 1. The number of hydrogen-bond acceptors (Lipinski definition) is 6. The lowest BCUT2D eigenvalue weighted by Gasteiger charge is -2.31. The Morgan fingerprint density at radius 3 is 2.64 bits per heavy atom. The van der Waals surface area contributed by atoms with E-state index in [4.69, 9.17) is 9.47 Å². The minimum atomic E-state index is -0.447. The Morgan fingerprint density at radius 2 is 1.97 bits per heavy atom. The molecule has 1 aromatic heterocycles. The molecular formula is C25H29BrN2O5. The van der Waals surface area contributed by atoms with E-state index in [-0.39, 0.29) is 25.6 Å². The third-order valence-electron chi connectivity index (χ3n) is 6.14. The van der Waals surface area contributed by atoms with E-state index in [2.05, 4.69) is 25.8 Å². The Morgan fingerprint density at radius 1 is 1.24 bits per heavy atom. The van der Waals surface area contributed by atoms with Gasteiger partial charge in [0.2, 0.25) is 0 Å². The Hall–Kier alpha value is -2.55. The van der Waals surface area contributed by atoms with Crippen LogP contribution in [0.15, 0.2) is 40.9 Å². The van der Waals surface area contributed by atoms with Crippen LogP contribution in [0.5, 0.6) is 11.5 Å². The second kappa shape index (κ2) is 10.6. The molecule has 1 fully saturated rings. The summed E-state index contributed by atoms with van der Waals surface area (Å²) < 4.78 is 11.9. The van der Waals surface area contributed by atoms with E-state index in [1.54, 1.807) is 13.0 Å². The standard InChI is InChI=1S/C25H29BrN2O5/c1-2-32-25(31)23-21(15-33-17-6-4-3-5-7-17)27-20-12-19(26)24(30)18(22(20)23)13-28-10-8-16(14-29)9-11-28/h3-7,12,16,27,29-30H,2,8-11,13-15H2,1H3. The maximum Gasteiger partial charge on any atom is 0.340 e. The first-order chi connectivity index (χ1) is 16.0. The zero-order valence-electron chi connectivity index (χ0n) is 18.6. The zero-order chi connectivity index (χ0) is 23.4. The van der Waals surface area contributed by atoms with E-state index >= 15 is 0 Å². The van der Waals surface area contributed by atoms with Gasteiger partial charge in [-0.25, -0.2) is 4.79 Å². The minimum absolute atomic E-state index is 0.117. The molecule has 3 aromatic rings. The van der Waals surface area contributed by atoms with E-state index in [0.717, 1.165) is 31.4 Å². The molecular weight excluding hydrogens is 488 g/mol. The highest BCUT2D eigenvalue weighted by molar-refractivity contribution is 9.10. The molecule has 0 amide bonds. The first-order valence-electron chi connectivity index (χ1n) is 11.2. The molecule has 1 aliphatic rings. The van der Waals surface area contributed by atoms with Crippen LogP contribution in [0.2, 0.25) is 0 Å². The number of carbonyl (C=O) groups excluding carboxylic acids is 1. The van der Waals surface area contributed by atoms with Crippen LogP contribution in [0.1, 0.15) is 41.4 Å². The fourth-order valence-corrected chi connectivity index (χ4v) is 4.83. The first-order valence-corrected chi connectivity index (χ1v) is 12.0. The number of nitrogens with zero attached hydrogens (tertiary/aromatic N) is 1. The first kappa shape index (κ1) is 23.6. The third-order valence-corrected chi connectivity index (χ3v) is 6.75. The molecule has 0 spiro atoms. The highest BCUT2D eigenvalue weighted by atomic mass is 79.9. The van der Waals surface area contributed by atoms with Crippen molar-refractivity contribution in [3.63, 3.8) is 0 Å². The predicted octanol–water partition coefficient (Wildman–Crippen LogP) is 4.60. The Kier molecular flexibility index (Phi) is 7.57. The van der Waals surface area contributed by atoms with Crippen molar-refractivity contribution in [1.29, 1.82) is 0 Å². The fourth-order valence-electron chi connectivity index (χ4n) is 4.37. The van der Waals surface area contributed by atoms with Crippen LogP contribution in [-0.2, 0) is 17.9 Å². The summed E-state index contributed by atoms with van der Waals surface area (Å²) in [4.78, 5) is 18.6. The number of fused-ring (bicyclic) bond motifs is 1. The summed E-state index contributed by atoms with van der Waals surface area (Å²) in [7, 11) is 0. The number of piperidine rings is 1. The van der Waals surface area contributed by atoms with Crippen molar-refractivity contribution in [2.24, 2.45) is 5.92 Å². The van der Waals surface area contributed by atoms with Crippen LogP contribution in [0.4, 0.5) is 0 Å². The van der Waals surface area contributed by atoms with Gasteiger partial charge in [0.1, 0.15) is 18.1 Å². The number of halogens is 1. The van der Waals surface area contributed by atoms with Crippen LogP contribution in [0.25, 0.3) is 10.9 Å². The van der Waals surface area contributed by atoms with Crippen molar-refractivity contribution in [3.05, 3.63) is 57.7 Å². The molecule has 2 heterocycles. The summed E-state index contributed by atoms with van der Waals surface area (Å²) in [5, 5.41) is 21.1. The smallest absolute Gasteiger partial charge is 0.340 e. The second-order valence-corrected chi connectivity index (χ2v) is 9.17. The second-order valence-electron chi connectivity index (χ2n) is 8.31. The fraction of sp³-hybridized carbons (Fsp3) is 0.400. The molecule has 7 nitrogen and oxygen atoms in total. The monoisotopic (exact) mass is 516 g/mol. The number of para-hydroxylation sites is 1. The number of likely N-dealkylation sites (tertiary alicyclic amines) is 1. The number of aliphatic hydroxyl groups is 1. The number of aliphatic hydroxyl groups excluding tert-OH is 1. The van der Waals surface area contributed by atoms with E-state index in [1.807, 2.05) is 30.3 Å². The summed E-state index contributed by atoms with van der Waals surface area (Å²) >= 11 is 3.46. The quantitative estimate of drug-likeness (QED) is 0.379. The SMILES string of the molecule is CCOC(=O)c1c(COc2ccccc2)[nH]c2cc(Br)c(O)c(CN3CCC(CO)CC3)c12. The number of H-pyrrole nitrogens is 1. The molecule has 0 saturated carbocycles. The number of aromatic nitrogens is 1. The summed E-state index contributed by atoms with van der Waals surface area (Å²) in [5.41, 5.74) is 2.40. The molecule has 8 heteroatoms. The molecule has 0 radical (unpaired) electrons. The van der Waals surface area contributed by atoms with Gasteiger partial charge in [0.15, 0.2) is 0 Å². The molecule has 0 bridgehead atoms. The van der Waals surface area contributed by atoms with Crippen molar-refractivity contribution >= 4 is 32.8 Å². The zero-order valence-corrected chi connectivity index (χ0v) is 20.2. The number of ether oxygens (including phenoxy) is 2. The lowest BCUT2D eigenvalue weighted by Crippen LogP contribution is -2.34. The summed E-state index contributed by atoms with van der Waals surface area (Å²) in [6.45, 7) is 4.51. The summed E-state index contributed by atoms with van der Waals surface area (Å²) in [6.07, 6.45) is 1.81. The summed E-state index contributed by atoms with van der Waals surface area (Å²) in [6, 6.07) is 11.2. The maximum absolute atomic E-state index is 13.0. The predicted molar refractivity (Wildman–Crippen MR) is 129 cm³/mol. The lowest BCUT2D eigenvalue weighted by molar-refractivity contribution is 0.0525. The summed E-state index contributed by atoms with van der Waals surface area (Å²) in [5.74, 6) is 0.688. The van der Waals surface area contributed by atoms with E-state index in [1.165, 1.54) is 0 Å². The molecule has 1 saturated heterocycles. The van der Waals surface area contributed by atoms with Gasteiger partial charge < -0.3 is 24.7 Å². The minimum Gasteiger partial charge on any atom is -0.506 e. The number of hydrogen-bond donors (Lipinski definition) is 3. The lowest BCUT2D eigenvalue weighted by atomic mass is 9.96. The average Bonchev–Trinajstić information content (AvgIpc) is 3.19. The topological polar surface area (TPSA) is 95.0 Å². The van der Waals surface area contributed by atoms with Gasteiger partial charge in [-0.15, -0.1) is 0 Å². The highest BCUT2D eigenvalue weighted by Gasteiger charge is 2.27. The molecule has 3 N–H and O–H groups in total. The van der Waals surface area contributed by atoms with Gasteiger partial charge in [-0.05, 0) is 72.9 Å². The van der Waals surface area contributed by atoms with Crippen LogP contribution >= 0.6 is 15.9 Å². The van der Waals surface area contributed by atoms with Crippen LogP contribution in [0, 0.1) is 5.92 Å². The van der Waals surface area contributed by atoms with E-state index in [0.29, 0.717) is 44.9 Å². The van der Waals surface area contributed by atoms with Crippen molar-refractivity contribution in [1.82, 2.24) is 9.88 Å². The van der Waals surface area contributed by atoms with Gasteiger partial charge >= 0.3 is 5.97 Å². The van der Waals surface area contributed by atoms with Gasteiger partial charge in [-0.2, -0.15) is 0 Å². The number of phenols is 1. The molecule has 1 aliphatic heterocycles. The molecule has 0 aliphatic carbocycles. The maximum atomic E-state index is 13.0. The number of aromatic amines is 1. The Bertz CT molecular complexity index is 1110. The van der Waals surface area contributed by atoms with Crippen LogP contribution in [0.3, 0.4) is 0 Å². The van der Waals surface area contributed by atoms with Gasteiger partial charge in [0.25, 0.3) is 0 Å². The highest BCUT2D eigenvalue weighted by Crippen LogP contribution is 2.39. The van der Waals surface area contributed by atoms with Crippen molar-refractivity contribution in [2.45, 2.75) is 32.9 Å². The number of benzene rings is 2. The largest absolute Gasteiger partial charge is 0.506 e. The third kappa shape index (κ3) is 5.18. The number of phenolic OH excluding ortho intramolecular Hbond substituents is 1. The molecule has 4 rings (SSSR count). The molecule has 33 heavy (non-hydrogen) atoms. The van der Waals surface area contributed by atoms with Crippen molar-refractivity contribution < 1.29 is 24.5 Å². The van der Waals surface area contributed by atoms with Crippen molar-refractivity contribution in [3.8, 4) is 11.5 Å². The normalized spacial score (nSPS) is 15.1. The van der Waals surface area contributed by atoms with Crippen molar-refractivity contribution in [2.75, 3.05) is 26.3 Å². The van der Waals surface area contributed by atoms with E-state index < -0.39 is 5.97 Å². The molecule has 2 aromatic carbocycles. The van der Waals surface area contributed by atoms with Crippen LogP contribution in [-0.4, -0.2) is 52.4 Å². The molecule has 176 valence electrons. The Labute approximate surface area is 201 Å². The van der Waals surface area contributed by atoms with E-state index in [9.17, 15) is 15.0 Å². The number of nitrogens with one attached hydrogen (secondary N) is 1. The van der Waals surface area contributed by atoms with Gasteiger partial charge in [0.05, 0.1) is 22.3 Å². The average molecular weight is 517 g/mol. The molecule has 0 unspecified atom stereocenters. The van der Waals surface area contributed by atoms with Gasteiger partial charge in [-0.1, -0.05) is 18.2 Å². The number of carbonyl (C=O) groups is 1.